The highest BCUT2D eigenvalue weighted by molar-refractivity contribution is 6.74. The summed E-state index contributed by atoms with van der Waals surface area (Å²) < 4.78 is 25.8. The Labute approximate surface area is 344 Å². The summed E-state index contributed by atoms with van der Waals surface area (Å²) in [6.45, 7) is 33.6. The van der Waals surface area contributed by atoms with Crippen LogP contribution in [0, 0.1) is 11.8 Å². The van der Waals surface area contributed by atoms with Gasteiger partial charge in [-0.25, -0.2) is 4.79 Å². The van der Waals surface area contributed by atoms with Gasteiger partial charge in [-0.15, -0.1) is 0 Å². The SMILES string of the molecule is C/C(=C\C=C\[C@@H](C)CO[Si](C)(C)C(C)(C)C)[C@H]1OC(=O)C[C@H](O[Si](C)(C)C(C)(C)C)CC[C@@](C)(O)[C@@H](OC(=O)N2CCN(C3CCCCCC3)CC2)/C=C/[C@@H]1C. The second-order valence-electron chi connectivity index (χ2n) is 20.6. The van der Waals surface area contributed by atoms with Crippen molar-refractivity contribution in [2.45, 2.75) is 193 Å². The number of cyclic esters (lactones) is 1. The molecule has 322 valence electrons. The first-order chi connectivity index (χ1) is 25.8. The largest absolute Gasteiger partial charge is 0.457 e. The summed E-state index contributed by atoms with van der Waals surface area (Å²) in [5.74, 6) is -0.365. The van der Waals surface area contributed by atoms with Gasteiger partial charge < -0.3 is 28.3 Å². The molecule has 2 fully saturated rings. The Bertz CT molecular complexity index is 1350. The van der Waals surface area contributed by atoms with Crippen molar-refractivity contribution >= 4 is 28.7 Å². The van der Waals surface area contributed by atoms with Crippen molar-refractivity contribution in [1.29, 1.82) is 0 Å². The first-order valence-electron chi connectivity index (χ1n) is 21.8. The lowest BCUT2D eigenvalue weighted by Crippen LogP contribution is -2.53. The summed E-state index contributed by atoms with van der Waals surface area (Å²) in [6.07, 6.45) is 16.1. The molecule has 6 atom stereocenters. The quantitative estimate of drug-likeness (QED) is 0.0765. The van der Waals surface area contributed by atoms with E-state index in [1.165, 1.54) is 38.5 Å². The zero-order chi connectivity index (χ0) is 42.1. The second kappa shape index (κ2) is 20.5. The first-order valence-corrected chi connectivity index (χ1v) is 27.6. The molecule has 3 rings (SSSR count). The monoisotopic (exact) mass is 819 g/mol. The first kappa shape index (κ1) is 48.6. The molecule has 1 saturated carbocycles. The number of piperazine rings is 1. The number of esters is 1. The van der Waals surface area contributed by atoms with E-state index in [1.54, 1.807) is 17.9 Å². The van der Waals surface area contributed by atoms with Gasteiger partial charge in [0.25, 0.3) is 0 Å². The van der Waals surface area contributed by atoms with Crippen molar-refractivity contribution in [3.63, 3.8) is 0 Å². The van der Waals surface area contributed by atoms with Crippen LogP contribution in [0.2, 0.25) is 36.3 Å². The molecule has 3 aliphatic rings. The molecule has 0 unspecified atom stereocenters. The Morgan fingerprint density at radius 2 is 1.55 bits per heavy atom. The highest BCUT2D eigenvalue weighted by atomic mass is 28.4. The van der Waals surface area contributed by atoms with E-state index in [-0.39, 0.29) is 40.7 Å². The third kappa shape index (κ3) is 14.5. The Hall–Kier alpha value is -1.77. The van der Waals surface area contributed by atoms with Crippen LogP contribution < -0.4 is 0 Å². The molecule has 0 aromatic rings. The van der Waals surface area contributed by atoms with Crippen molar-refractivity contribution in [3.05, 3.63) is 36.0 Å². The van der Waals surface area contributed by atoms with Crippen LogP contribution >= 0.6 is 0 Å². The van der Waals surface area contributed by atoms with Crippen LogP contribution in [0.4, 0.5) is 4.79 Å². The smallest absolute Gasteiger partial charge is 0.410 e. The third-order valence-electron chi connectivity index (χ3n) is 13.5. The van der Waals surface area contributed by atoms with Crippen LogP contribution in [-0.4, -0.2) is 106 Å². The average molecular weight is 819 g/mol. The van der Waals surface area contributed by atoms with Gasteiger partial charge in [0.2, 0.25) is 0 Å². The van der Waals surface area contributed by atoms with Gasteiger partial charge in [0.15, 0.2) is 22.7 Å². The van der Waals surface area contributed by atoms with Crippen LogP contribution in [0.5, 0.6) is 0 Å². The normalized spacial score (nSPS) is 29.2. The number of nitrogens with zero attached hydrogens (tertiary/aromatic N) is 2. The number of carbonyl (C=O) groups is 2. The summed E-state index contributed by atoms with van der Waals surface area (Å²) >= 11 is 0. The van der Waals surface area contributed by atoms with E-state index in [0.717, 1.165) is 18.7 Å². The number of amides is 1. The van der Waals surface area contributed by atoms with E-state index >= 15 is 0 Å². The topological polar surface area (TPSA) is 97.8 Å². The Balaban J connectivity index is 1.85. The highest BCUT2D eigenvalue weighted by Gasteiger charge is 2.42. The minimum absolute atomic E-state index is 0.0697. The predicted molar refractivity (Wildman–Crippen MR) is 235 cm³/mol. The Morgan fingerprint density at radius 1 is 0.964 bits per heavy atom. The van der Waals surface area contributed by atoms with Gasteiger partial charge in [-0.1, -0.05) is 105 Å². The molecule has 2 aliphatic heterocycles. The fraction of sp³-hybridized carbons (Fsp3) is 0.822. The summed E-state index contributed by atoms with van der Waals surface area (Å²) in [6, 6.07) is 0.605. The second-order valence-corrected chi connectivity index (χ2v) is 30.1. The predicted octanol–water partition coefficient (Wildman–Crippen LogP) is 10.4. The van der Waals surface area contributed by atoms with Gasteiger partial charge in [0.1, 0.15) is 11.7 Å². The highest BCUT2D eigenvalue weighted by Crippen LogP contribution is 2.39. The van der Waals surface area contributed by atoms with E-state index in [9.17, 15) is 14.7 Å². The molecule has 1 aliphatic carbocycles. The summed E-state index contributed by atoms with van der Waals surface area (Å²) in [7, 11) is -4.14. The molecule has 0 aromatic carbocycles. The van der Waals surface area contributed by atoms with E-state index in [0.29, 0.717) is 32.2 Å². The summed E-state index contributed by atoms with van der Waals surface area (Å²) in [5.41, 5.74) is -0.493. The van der Waals surface area contributed by atoms with E-state index in [2.05, 4.69) is 85.6 Å². The number of allylic oxidation sites excluding steroid dienone is 2. The third-order valence-corrected chi connectivity index (χ3v) is 22.5. The van der Waals surface area contributed by atoms with Crippen LogP contribution in [-0.2, 0) is 23.1 Å². The molecule has 0 spiro atoms. The standard InChI is InChI=1S/C45H82N2O7Si2/c1-34(33-51-55(11,12)43(4,5)6)20-19-21-35(2)41-36(3)24-25-39(52-42(49)47-30-28-46(29-31-47)37-22-17-15-16-18-23-37)45(10,50)27-26-38(32-40(48)53-41)54-56(13,14)44(7,8)9/h19-21,24-25,34,36-39,41,50H,15-18,22-23,26-33H2,1-14H3/b20-19+,25-24+,35-21+/t34-,36+,38-,39+,41-,45-/m1/s1. The van der Waals surface area contributed by atoms with Crippen molar-refractivity contribution in [1.82, 2.24) is 9.80 Å². The minimum atomic E-state index is -2.28. The number of ether oxygens (including phenoxy) is 2. The van der Waals surface area contributed by atoms with Gasteiger partial charge in [0.05, 0.1) is 12.5 Å². The maximum Gasteiger partial charge on any atom is 0.410 e. The number of rotatable bonds is 10. The van der Waals surface area contributed by atoms with Crippen molar-refractivity contribution < 1.29 is 33.0 Å². The lowest BCUT2D eigenvalue weighted by molar-refractivity contribution is -0.151. The fourth-order valence-electron chi connectivity index (χ4n) is 7.31. The summed E-state index contributed by atoms with van der Waals surface area (Å²) in [5, 5.41) is 12.2. The number of hydrogen-bond acceptors (Lipinski definition) is 8. The van der Waals surface area contributed by atoms with Gasteiger partial charge in [0, 0.05) is 44.7 Å². The lowest BCUT2D eigenvalue weighted by Gasteiger charge is -2.41. The van der Waals surface area contributed by atoms with Crippen molar-refractivity contribution in [2.75, 3.05) is 32.8 Å². The van der Waals surface area contributed by atoms with Gasteiger partial charge >= 0.3 is 12.1 Å². The molecule has 56 heavy (non-hydrogen) atoms. The maximum atomic E-state index is 13.8. The van der Waals surface area contributed by atoms with E-state index in [4.69, 9.17) is 18.3 Å². The zero-order valence-corrected chi connectivity index (χ0v) is 40.0. The number of carbonyl (C=O) groups excluding carboxylic acids is 2. The van der Waals surface area contributed by atoms with Crippen molar-refractivity contribution in [3.8, 4) is 0 Å². The zero-order valence-electron chi connectivity index (χ0n) is 38.0. The summed E-state index contributed by atoms with van der Waals surface area (Å²) in [4.78, 5) is 31.9. The van der Waals surface area contributed by atoms with Gasteiger partial charge in [-0.2, -0.15) is 0 Å². The molecule has 11 heteroatoms. The molecule has 1 N–H and O–H groups in total. The van der Waals surface area contributed by atoms with Crippen molar-refractivity contribution in [2.24, 2.45) is 11.8 Å². The molecule has 0 aromatic heterocycles. The fourth-order valence-corrected chi connectivity index (χ4v) is 9.81. The minimum Gasteiger partial charge on any atom is -0.457 e. The number of hydrogen-bond donors (Lipinski definition) is 1. The maximum absolute atomic E-state index is 13.8. The van der Waals surface area contributed by atoms with Crippen LogP contribution in [0.15, 0.2) is 36.0 Å². The van der Waals surface area contributed by atoms with Crippen LogP contribution in [0.25, 0.3) is 0 Å². The Morgan fingerprint density at radius 3 is 2.12 bits per heavy atom. The van der Waals surface area contributed by atoms with E-state index < -0.39 is 46.6 Å². The molecule has 2 heterocycles. The molecule has 0 bridgehead atoms. The van der Waals surface area contributed by atoms with Crippen LogP contribution in [0.3, 0.4) is 0 Å². The molecule has 9 nitrogen and oxygen atoms in total. The number of aliphatic hydroxyl groups is 1. The van der Waals surface area contributed by atoms with Gasteiger partial charge in [-0.3, -0.25) is 9.69 Å². The lowest BCUT2D eigenvalue weighted by atomic mass is 9.88. The molecular formula is C45H82N2O7Si2. The molecule has 0 radical (unpaired) electrons. The van der Waals surface area contributed by atoms with E-state index in [1.807, 2.05) is 32.1 Å². The Kier molecular flexibility index (Phi) is 17.8. The average Bonchev–Trinajstić information content (AvgIpc) is 3.38. The van der Waals surface area contributed by atoms with Gasteiger partial charge in [-0.05, 0) is 93.4 Å². The molecular weight excluding hydrogens is 737 g/mol. The molecule has 1 saturated heterocycles. The molecule has 1 amide bonds. The van der Waals surface area contributed by atoms with Crippen LogP contribution in [0.1, 0.15) is 127 Å².